The molecule has 2 amide bonds. The van der Waals surface area contributed by atoms with Gasteiger partial charge in [0.2, 0.25) is 0 Å². The second-order valence-corrected chi connectivity index (χ2v) is 5.04. The number of hydrogen-bond donors (Lipinski definition) is 3. The van der Waals surface area contributed by atoms with Gasteiger partial charge in [0, 0.05) is 17.8 Å². The minimum Gasteiger partial charge on any atom is -0.351 e. The summed E-state index contributed by atoms with van der Waals surface area (Å²) in [6.07, 6.45) is 3.68. The van der Waals surface area contributed by atoms with E-state index in [1.54, 1.807) is 0 Å². The normalized spacial score (nSPS) is 13.8. The van der Waals surface area contributed by atoms with Crippen molar-refractivity contribution in [1.82, 2.24) is 5.32 Å². The van der Waals surface area contributed by atoms with Gasteiger partial charge >= 0.3 is 6.03 Å². The Hall–Kier alpha value is -1.55. The lowest BCUT2D eigenvalue weighted by Gasteiger charge is -2.20. The summed E-state index contributed by atoms with van der Waals surface area (Å²) in [5.74, 6) is 0. The van der Waals surface area contributed by atoms with E-state index in [9.17, 15) is 4.79 Å². The SMILES string of the molecule is CCCCC(C)NC(C)c1ccc(NC(N)=O)cc1. The van der Waals surface area contributed by atoms with E-state index in [0.29, 0.717) is 12.1 Å². The maximum atomic E-state index is 10.7. The topological polar surface area (TPSA) is 67.2 Å². The molecule has 1 aromatic rings. The molecule has 4 N–H and O–H groups in total. The number of primary amides is 1. The maximum absolute atomic E-state index is 10.7. The van der Waals surface area contributed by atoms with Crippen LogP contribution in [0.2, 0.25) is 0 Å². The summed E-state index contributed by atoms with van der Waals surface area (Å²) in [6.45, 7) is 6.58. The number of amides is 2. The third kappa shape index (κ3) is 5.75. The van der Waals surface area contributed by atoms with Crippen LogP contribution in [0.15, 0.2) is 24.3 Å². The Kier molecular flexibility index (Phi) is 6.36. The molecule has 0 saturated heterocycles. The minimum atomic E-state index is -0.535. The highest BCUT2D eigenvalue weighted by Crippen LogP contribution is 2.17. The molecule has 106 valence electrons. The van der Waals surface area contributed by atoms with Crippen molar-refractivity contribution in [1.29, 1.82) is 0 Å². The van der Waals surface area contributed by atoms with Crippen LogP contribution >= 0.6 is 0 Å². The summed E-state index contributed by atoms with van der Waals surface area (Å²) in [4.78, 5) is 10.7. The average molecular weight is 263 g/mol. The molecule has 1 aromatic carbocycles. The molecule has 0 bridgehead atoms. The molecule has 4 nitrogen and oxygen atoms in total. The van der Waals surface area contributed by atoms with Crippen molar-refractivity contribution in [3.63, 3.8) is 0 Å². The van der Waals surface area contributed by atoms with E-state index in [1.807, 2.05) is 24.3 Å². The molecule has 0 radical (unpaired) electrons. The first-order valence-electron chi connectivity index (χ1n) is 6.95. The fourth-order valence-electron chi connectivity index (χ4n) is 2.11. The van der Waals surface area contributed by atoms with Gasteiger partial charge in [-0.25, -0.2) is 4.79 Å². The van der Waals surface area contributed by atoms with Gasteiger partial charge < -0.3 is 16.4 Å². The highest BCUT2D eigenvalue weighted by Gasteiger charge is 2.09. The van der Waals surface area contributed by atoms with Crippen molar-refractivity contribution in [3.05, 3.63) is 29.8 Å². The van der Waals surface area contributed by atoms with Gasteiger partial charge in [-0.1, -0.05) is 31.9 Å². The molecule has 0 aliphatic rings. The van der Waals surface area contributed by atoms with E-state index in [0.717, 1.165) is 5.69 Å². The molecule has 0 saturated carbocycles. The largest absolute Gasteiger partial charge is 0.351 e. The Morgan fingerprint density at radius 3 is 2.42 bits per heavy atom. The first-order valence-corrected chi connectivity index (χ1v) is 6.95. The Labute approximate surface area is 115 Å². The van der Waals surface area contributed by atoms with Crippen LogP contribution in [0.5, 0.6) is 0 Å². The fraction of sp³-hybridized carbons (Fsp3) is 0.533. The predicted octanol–water partition coefficient (Wildman–Crippen LogP) is 3.41. The fourth-order valence-corrected chi connectivity index (χ4v) is 2.11. The van der Waals surface area contributed by atoms with Crippen LogP contribution in [0.25, 0.3) is 0 Å². The van der Waals surface area contributed by atoms with Gasteiger partial charge in [-0.05, 0) is 38.0 Å². The standard InChI is InChI=1S/C15H25N3O/c1-4-5-6-11(2)17-12(3)13-7-9-14(10-8-13)18-15(16)19/h7-12,17H,4-6H2,1-3H3,(H3,16,18,19). The summed E-state index contributed by atoms with van der Waals surface area (Å²) >= 11 is 0. The summed E-state index contributed by atoms with van der Waals surface area (Å²) < 4.78 is 0. The summed E-state index contributed by atoms with van der Waals surface area (Å²) in [5, 5.41) is 6.14. The average Bonchev–Trinajstić information content (AvgIpc) is 2.36. The van der Waals surface area contributed by atoms with Crippen molar-refractivity contribution in [2.45, 2.75) is 52.1 Å². The molecule has 0 spiro atoms. The number of benzene rings is 1. The first-order chi connectivity index (χ1) is 9.02. The molecular weight excluding hydrogens is 238 g/mol. The molecule has 2 atom stereocenters. The lowest BCUT2D eigenvalue weighted by atomic mass is 10.1. The summed E-state index contributed by atoms with van der Waals surface area (Å²) in [5.41, 5.74) is 7.00. The van der Waals surface area contributed by atoms with Gasteiger partial charge in [-0.15, -0.1) is 0 Å². The van der Waals surface area contributed by atoms with Gasteiger partial charge in [0.1, 0.15) is 0 Å². The Morgan fingerprint density at radius 2 is 1.89 bits per heavy atom. The first kappa shape index (κ1) is 15.5. The zero-order valence-electron chi connectivity index (χ0n) is 12.1. The van der Waals surface area contributed by atoms with Gasteiger partial charge in [-0.2, -0.15) is 0 Å². The van der Waals surface area contributed by atoms with E-state index in [-0.39, 0.29) is 0 Å². The zero-order chi connectivity index (χ0) is 14.3. The number of hydrogen-bond acceptors (Lipinski definition) is 2. The molecule has 0 fully saturated rings. The van der Waals surface area contributed by atoms with Crippen LogP contribution < -0.4 is 16.4 Å². The highest BCUT2D eigenvalue weighted by molar-refractivity contribution is 5.87. The maximum Gasteiger partial charge on any atom is 0.316 e. The van der Waals surface area contributed by atoms with Crippen molar-refractivity contribution < 1.29 is 4.79 Å². The Morgan fingerprint density at radius 1 is 1.26 bits per heavy atom. The molecule has 0 heterocycles. The quantitative estimate of drug-likeness (QED) is 0.705. The molecule has 1 rings (SSSR count). The number of carbonyl (C=O) groups excluding carboxylic acids is 1. The van der Waals surface area contributed by atoms with Gasteiger partial charge in [0.25, 0.3) is 0 Å². The zero-order valence-corrected chi connectivity index (χ0v) is 12.1. The number of carbonyl (C=O) groups is 1. The lowest BCUT2D eigenvalue weighted by Crippen LogP contribution is -2.28. The van der Waals surface area contributed by atoms with Crippen LogP contribution in [-0.4, -0.2) is 12.1 Å². The van der Waals surface area contributed by atoms with Crippen LogP contribution in [-0.2, 0) is 0 Å². The van der Waals surface area contributed by atoms with E-state index in [2.05, 4.69) is 31.4 Å². The van der Waals surface area contributed by atoms with Gasteiger partial charge in [0.15, 0.2) is 0 Å². The van der Waals surface area contributed by atoms with E-state index in [1.165, 1.54) is 24.8 Å². The minimum absolute atomic E-state index is 0.300. The Balaban J connectivity index is 2.52. The second kappa shape index (κ2) is 7.79. The van der Waals surface area contributed by atoms with Crippen LogP contribution in [0.3, 0.4) is 0 Å². The number of urea groups is 1. The van der Waals surface area contributed by atoms with Gasteiger partial charge in [0.05, 0.1) is 0 Å². The monoisotopic (exact) mass is 263 g/mol. The smallest absolute Gasteiger partial charge is 0.316 e. The number of rotatable bonds is 7. The van der Waals surface area contributed by atoms with Crippen LogP contribution in [0.1, 0.15) is 51.6 Å². The lowest BCUT2D eigenvalue weighted by molar-refractivity contribution is 0.259. The molecule has 0 aliphatic heterocycles. The molecule has 0 aliphatic carbocycles. The molecular formula is C15H25N3O. The number of nitrogens with one attached hydrogen (secondary N) is 2. The third-order valence-electron chi connectivity index (χ3n) is 3.20. The van der Waals surface area contributed by atoms with E-state index >= 15 is 0 Å². The highest BCUT2D eigenvalue weighted by atomic mass is 16.2. The summed E-state index contributed by atoms with van der Waals surface area (Å²) in [7, 11) is 0. The van der Waals surface area contributed by atoms with Gasteiger partial charge in [-0.3, -0.25) is 0 Å². The van der Waals surface area contributed by atoms with E-state index < -0.39 is 6.03 Å². The van der Waals surface area contributed by atoms with E-state index in [4.69, 9.17) is 5.73 Å². The van der Waals surface area contributed by atoms with Crippen LogP contribution in [0.4, 0.5) is 10.5 Å². The number of nitrogens with two attached hydrogens (primary N) is 1. The Bertz CT molecular complexity index is 389. The van der Waals surface area contributed by atoms with Crippen molar-refractivity contribution in [3.8, 4) is 0 Å². The number of anilines is 1. The second-order valence-electron chi connectivity index (χ2n) is 5.04. The molecule has 2 unspecified atom stereocenters. The predicted molar refractivity (Wildman–Crippen MR) is 80.2 cm³/mol. The van der Waals surface area contributed by atoms with Crippen molar-refractivity contribution in [2.24, 2.45) is 5.73 Å². The van der Waals surface area contributed by atoms with Crippen molar-refractivity contribution >= 4 is 11.7 Å². The third-order valence-corrected chi connectivity index (χ3v) is 3.20. The van der Waals surface area contributed by atoms with Crippen molar-refractivity contribution in [2.75, 3.05) is 5.32 Å². The molecule has 4 heteroatoms. The number of unbranched alkanes of at least 4 members (excludes halogenated alkanes) is 1. The summed E-state index contributed by atoms with van der Waals surface area (Å²) in [6, 6.07) is 8.04. The molecule has 19 heavy (non-hydrogen) atoms. The van der Waals surface area contributed by atoms with Crippen LogP contribution in [0, 0.1) is 0 Å². The molecule has 0 aromatic heterocycles.